The van der Waals surface area contributed by atoms with Crippen LogP contribution in [-0.2, 0) is 0 Å². The van der Waals surface area contributed by atoms with Gasteiger partial charge in [-0.05, 0) is 24.5 Å². The van der Waals surface area contributed by atoms with E-state index in [0.29, 0.717) is 16.7 Å². The number of anilines is 2. The lowest BCUT2D eigenvalue weighted by molar-refractivity contribution is 0.518. The first-order chi connectivity index (χ1) is 7.75. The number of nitrogen functional groups attached to an aromatic ring is 1. The molecule has 0 amide bonds. The van der Waals surface area contributed by atoms with Crippen molar-refractivity contribution < 1.29 is 0 Å². The fourth-order valence-corrected chi connectivity index (χ4v) is 2.43. The van der Waals surface area contributed by atoms with Gasteiger partial charge in [-0.1, -0.05) is 37.3 Å². The van der Waals surface area contributed by atoms with Crippen molar-refractivity contribution >= 4 is 23.1 Å². The Balaban J connectivity index is 1.82. The molecule has 0 aromatic carbocycles. The average Bonchev–Trinajstić information content (AvgIpc) is 2.76. The highest BCUT2D eigenvalue weighted by atomic mass is 35.5. The van der Waals surface area contributed by atoms with Crippen LogP contribution in [0.5, 0.6) is 0 Å². The van der Waals surface area contributed by atoms with E-state index in [2.05, 4.69) is 10.3 Å². The predicted molar refractivity (Wildman–Crippen MR) is 68.7 cm³/mol. The Hall–Kier alpha value is -0.960. The second-order valence-corrected chi connectivity index (χ2v) is 4.82. The highest BCUT2D eigenvalue weighted by Gasteiger charge is 2.14. The van der Waals surface area contributed by atoms with Gasteiger partial charge in [0.05, 0.1) is 5.69 Å². The molecule has 0 spiro atoms. The molecular weight excluding hydrogens is 222 g/mol. The molecule has 0 atom stereocenters. The number of hydrogen-bond donors (Lipinski definition) is 2. The largest absolute Gasteiger partial charge is 0.396 e. The molecule has 1 fully saturated rings. The Bertz CT molecular complexity index is 348. The van der Waals surface area contributed by atoms with Crippen LogP contribution < -0.4 is 11.1 Å². The summed E-state index contributed by atoms with van der Waals surface area (Å²) in [5.74, 6) is 1.60. The minimum absolute atomic E-state index is 0.484. The van der Waals surface area contributed by atoms with Crippen molar-refractivity contribution in [2.75, 3.05) is 17.6 Å². The van der Waals surface area contributed by atoms with Crippen molar-refractivity contribution in [2.45, 2.75) is 32.1 Å². The molecular formula is C12H18ClN3. The van der Waals surface area contributed by atoms with Gasteiger partial charge in [-0.2, -0.15) is 0 Å². The molecule has 1 aromatic rings. The number of nitrogens with two attached hydrogens (primary N) is 1. The molecule has 1 aromatic heterocycles. The number of aromatic nitrogens is 1. The van der Waals surface area contributed by atoms with Crippen LogP contribution in [0.25, 0.3) is 0 Å². The first-order valence-corrected chi connectivity index (χ1v) is 6.29. The predicted octanol–water partition coefficient (Wildman–Crippen LogP) is 3.31. The number of nitrogens with one attached hydrogen (secondary N) is 1. The second-order valence-electron chi connectivity index (χ2n) is 4.44. The zero-order chi connectivity index (χ0) is 11.4. The SMILES string of the molecule is Nc1ccc(Cl)nc1NCCC1CCCC1. The van der Waals surface area contributed by atoms with Crippen molar-refractivity contribution in [3.05, 3.63) is 17.3 Å². The van der Waals surface area contributed by atoms with E-state index in [0.717, 1.165) is 12.5 Å². The van der Waals surface area contributed by atoms with Crippen LogP contribution in [-0.4, -0.2) is 11.5 Å². The van der Waals surface area contributed by atoms with Crippen LogP contribution in [0.4, 0.5) is 11.5 Å². The van der Waals surface area contributed by atoms with E-state index >= 15 is 0 Å². The Morgan fingerprint density at radius 2 is 2.12 bits per heavy atom. The molecule has 3 N–H and O–H groups in total. The van der Waals surface area contributed by atoms with Gasteiger partial charge < -0.3 is 11.1 Å². The highest BCUT2D eigenvalue weighted by molar-refractivity contribution is 6.29. The summed E-state index contributed by atoms with van der Waals surface area (Å²) in [5, 5.41) is 3.74. The first kappa shape index (κ1) is 11.5. The quantitative estimate of drug-likeness (QED) is 0.793. The van der Waals surface area contributed by atoms with Gasteiger partial charge in [0.15, 0.2) is 5.82 Å². The number of pyridine rings is 1. The topological polar surface area (TPSA) is 50.9 Å². The van der Waals surface area contributed by atoms with Crippen molar-refractivity contribution in [1.29, 1.82) is 0 Å². The highest BCUT2D eigenvalue weighted by Crippen LogP contribution is 2.27. The van der Waals surface area contributed by atoms with Crippen molar-refractivity contribution in [2.24, 2.45) is 5.92 Å². The summed E-state index contributed by atoms with van der Waals surface area (Å²) in [7, 11) is 0. The van der Waals surface area contributed by atoms with Gasteiger partial charge in [-0.3, -0.25) is 0 Å². The summed E-state index contributed by atoms with van der Waals surface area (Å²) < 4.78 is 0. The Kier molecular flexibility index (Phi) is 3.88. The van der Waals surface area contributed by atoms with Gasteiger partial charge in [0.25, 0.3) is 0 Å². The standard InChI is InChI=1S/C12H18ClN3/c13-11-6-5-10(14)12(16-11)15-8-7-9-3-1-2-4-9/h5-6,9H,1-4,7-8,14H2,(H,15,16). The Morgan fingerprint density at radius 3 is 2.88 bits per heavy atom. The lowest BCUT2D eigenvalue weighted by Crippen LogP contribution is -2.09. The normalized spacial score (nSPS) is 16.6. The van der Waals surface area contributed by atoms with Crippen LogP contribution in [0.15, 0.2) is 12.1 Å². The maximum Gasteiger partial charge on any atom is 0.150 e. The minimum Gasteiger partial charge on any atom is -0.396 e. The molecule has 1 aliphatic rings. The smallest absolute Gasteiger partial charge is 0.150 e. The lowest BCUT2D eigenvalue weighted by atomic mass is 10.0. The van der Waals surface area contributed by atoms with E-state index < -0.39 is 0 Å². The van der Waals surface area contributed by atoms with Gasteiger partial charge in [0.1, 0.15) is 5.15 Å². The molecule has 0 radical (unpaired) electrons. The van der Waals surface area contributed by atoms with E-state index in [-0.39, 0.29) is 0 Å². The Morgan fingerprint density at radius 1 is 1.38 bits per heavy atom. The van der Waals surface area contributed by atoms with Crippen LogP contribution in [0.2, 0.25) is 5.15 Å². The van der Waals surface area contributed by atoms with E-state index in [1.54, 1.807) is 12.1 Å². The van der Waals surface area contributed by atoms with Crippen LogP contribution in [0, 0.1) is 5.92 Å². The third-order valence-electron chi connectivity index (χ3n) is 3.21. The maximum atomic E-state index is 5.82. The molecule has 1 saturated carbocycles. The van der Waals surface area contributed by atoms with Crippen molar-refractivity contribution in [1.82, 2.24) is 4.98 Å². The number of halogens is 1. The maximum absolute atomic E-state index is 5.82. The van der Waals surface area contributed by atoms with Crippen molar-refractivity contribution in [3.8, 4) is 0 Å². The fourth-order valence-electron chi connectivity index (χ4n) is 2.28. The summed E-state index contributed by atoms with van der Waals surface area (Å²) in [6, 6.07) is 3.49. The van der Waals surface area contributed by atoms with E-state index in [9.17, 15) is 0 Å². The Labute approximate surface area is 101 Å². The summed E-state index contributed by atoms with van der Waals surface area (Å²) in [6.45, 7) is 0.933. The monoisotopic (exact) mass is 239 g/mol. The van der Waals surface area contributed by atoms with Crippen LogP contribution in [0.1, 0.15) is 32.1 Å². The minimum atomic E-state index is 0.484. The van der Waals surface area contributed by atoms with Gasteiger partial charge in [0.2, 0.25) is 0 Å². The first-order valence-electron chi connectivity index (χ1n) is 5.91. The summed E-state index contributed by atoms with van der Waals surface area (Å²) in [6.07, 6.45) is 6.73. The molecule has 4 heteroatoms. The zero-order valence-electron chi connectivity index (χ0n) is 9.38. The number of nitrogens with zero attached hydrogens (tertiary/aromatic N) is 1. The molecule has 0 aliphatic heterocycles. The second kappa shape index (κ2) is 5.39. The zero-order valence-corrected chi connectivity index (χ0v) is 10.1. The number of hydrogen-bond acceptors (Lipinski definition) is 3. The van der Waals surface area contributed by atoms with Gasteiger partial charge in [-0.15, -0.1) is 0 Å². The molecule has 2 rings (SSSR count). The summed E-state index contributed by atoms with van der Waals surface area (Å²) in [4.78, 5) is 4.17. The molecule has 88 valence electrons. The average molecular weight is 240 g/mol. The van der Waals surface area contributed by atoms with Gasteiger partial charge in [0, 0.05) is 6.54 Å². The van der Waals surface area contributed by atoms with Crippen LogP contribution >= 0.6 is 11.6 Å². The lowest BCUT2D eigenvalue weighted by Gasteiger charge is -2.11. The third kappa shape index (κ3) is 3.01. The third-order valence-corrected chi connectivity index (χ3v) is 3.42. The summed E-state index contributed by atoms with van der Waals surface area (Å²) >= 11 is 5.82. The summed E-state index contributed by atoms with van der Waals surface area (Å²) in [5.41, 5.74) is 6.46. The molecule has 0 unspecified atom stereocenters. The fraction of sp³-hybridized carbons (Fsp3) is 0.583. The molecule has 3 nitrogen and oxygen atoms in total. The van der Waals surface area contributed by atoms with E-state index in [1.165, 1.54) is 32.1 Å². The molecule has 0 bridgehead atoms. The molecule has 1 aliphatic carbocycles. The number of rotatable bonds is 4. The van der Waals surface area contributed by atoms with Gasteiger partial charge >= 0.3 is 0 Å². The van der Waals surface area contributed by atoms with E-state index in [4.69, 9.17) is 17.3 Å². The van der Waals surface area contributed by atoms with E-state index in [1.807, 2.05) is 0 Å². The molecule has 1 heterocycles. The van der Waals surface area contributed by atoms with Gasteiger partial charge in [-0.25, -0.2) is 4.98 Å². The molecule has 16 heavy (non-hydrogen) atoms. The molecule has 0 saturated heterocycles. The van der Waals surface area contributed by atoms with Crippen molar-refractivity contribution in [3.63, 3.8) is 0 Å². The van der Waals surface area contributed by atoms with Crippen LogP contribution in [0.3, 0.4) is 0 Å².